The van der Waals surface area contributed by atoms with Gasteiger partial charge in [0, 0.05) is 25.4 Å². The molecule has 0 N–H and O–H groups in total. The van der Waals surface area contributed by atoms with E-state index in [0.29, 0.717) is 17.9 Å². The maximum atomic E-state index is 14.1. The summed E-state index contributed by atoms with van der Waals surface area (Å²) in [5.74, 6) is 0.148. The summed E-state index contributed by atoms with van der Waals surface area (Å²) < 4.78 is 14.1. The van der Waals surface area contributed by atoms with Crippen LogP contribution in [0, 0.1) is 12.7 Å². The molecule has 2 rings (SSSR count). The Morgan fingerprint density at radius 2 is 1.95 bits per heavy atom. The van der Waals surface area contributed by atoms with Gasteiger partial charge in [-0.05, 0) is 24.1 Å². The molecule has 0 atom stereocenters. The number of halogens is 2. The van der Waals surface area contributed by atoms with E-state index < -0.39 is 0 Å². The highest BCUT2D eigenvalue weighted by Gasteiger charge is 2.13. The predicted molar refractivity (Wildman–Crippen MR) is 77.0 cm³/mol. The quantitative estimate of drug-likeness (QED) is 0.789. The molecule has 1 aromatic heterocycles. The molecule has 0 radical (unpaired) electrons. The van der Waals surface area contributed by atoms with E-state index in [2.05, 4.69) is 4.98 Å². The van der Waals surface area contributed by atoms with Crippen LogP contribution in [0.1, 0.15) is 16.7 Å². The number of hydrogen-bond donors (Lipinski definition) is 0. The third kappa shape index (κ3) is 3.04. The van der Waals surface area contributed by atoms with E-state index >= 15 is 0 Å². The first-order valence-corrected chi connectivity index (χ1v) is 6.62. The molecule has 2 aromatic rings. The SMILES string of the molecule is Cc1ccccc1CN(C)c1nccc(CCl)c1F. The second-order valence-corrected chi connectivity index (χ2v) is 4.79. The molecular formula is C15H16ClFN2. The highest BCUT2D eigenvalue weighted by Crippen LogP contribution is 2.21. The van der Waals surface area contributed by atoms with E-state index in [1.165, 1.54) is 5.56 Å². The summed E-state index contributed by atoms with van der Waals surface area (Å²) in [6, 6.07) is 9.66. The van der Waals surface area contributed by atoms with Gasteiger partial charge in [-0.2, -0.15) is 0 Å². The lowest BCUT2D eigenvalue weighted by molar-refractivity contribution is 0.604. The number of alkyl halides is 1. The Morgan fingerprint density at radius 3 is 2.63 bits per heavy atom. The first-order valence-electron chi connectivity index (χ1n) is 6.08. The van der Waals surface area contributed by atoms with Gasteiger partial charge in [-0.25, -0.2) is 9.37 Å². The molecule has 0 saturated carbocycles. The van der Waals surface area contributed by atoms with Crippen molar-refractivity contribution in [1.29, 1.82) is 0 Å². The third-order valence-electron chi connectivity index (χ3n) is 3.13. The molecule has 0 unspecified atom stereocenters. The number of anilines is 1. The standard InChI is InChI=1S/C15H16ClFN2/c1-11-5-3-4-6-13(11)10-19(2)15-14(17)12(9-16)7-8-18-15/h3-8H,9-10H2,1-2H3. The molecule has 0 aliphatic carbocycles. The van der Waals surface area contributed by atoms with E-state index in [0.717, 1.165) is 5.56 Å². The van der Waals surface area contributed by atoms with Crippen LogP contribution < -0.4 is 4.90 Å². The first-order chi connectivity index (χ1) is 9.13. The lowest BCUT2D eigenvalue weighted by Gasteiger charge is -2.20. The van der Waals surface area contributed by atoms with Crippen LogP contribution in [0.4, 0.5) is 10.2 Å². The van der Waals surface area contributed by atoms with Gasteiger partial charge in [-0.15, -0.1) is 11.6 Å². The number of aromatic nitrogens is 1. The first kappa shape index (κ1) is 13.8. The topological polar surface area (TPSA) is 16.1 Å². The van der Waals surface area contributed by atoms with Gasteiger partial charge in [-0.3, -0.25) is 0 Å². The highest BCUT2D eigenvalue weighted by molar-refractivity contribution is 6.17. The Kier molecular flexibility index (Phi) is 4.38. The van der Waals surface area contributed by atoms with Crippen LogP contribution in [-0.4, -0.2) is 12.0 Å². The summed E-state index contributed by atoms with van der Waals surface area (Å²) >= 11 is 5.71. The van der Waals surface area contributed by atoms with Gasteiger partial charge < -0.3 is 4.90 Å². The number of benzene rings is 1. The number of pyridine rings is 1. The maximum absolute atomic E-state index is 14.1. The van der Waals surface area contributed by atoms with Crippen LogP contribution in [0.15, 0.2) is 36.5 Å². The minimum Gasteiger partial charge on any atom is -0.353 e. The molecule has 0 aliphatic rings. The molecule has 0 aliphatic heterocycles. The smallest absolute Gasteiger partial charge is 0.170 e. The van der Waals surface area contributed by atoms with Crippen molar-refractivity contribution in [3.8, 4) is 0 Å². The Morgan fingerprint density at radius 1 is 1.21 bits per heavy atom. The van der Waals surface area contributed by atoms with E-state index in [9.17, 15) is 4.39 Å². The number of hydrogen-bond acceptors (Lipinski definition) is 2. The summed E-state index contributed by atoms with van der Waals surface area (Å²) in [6.45, 7) is 2.66. The average molecular weight is 279 g/mol. The summed E-state index contributed by atoms with van der Waals surface area (Å²) in [6.07, 6.45) is 1.59. The average Bonchev–Trinajstić information content (AvgIpc) is 2.41. The summed E-state index contributed by atoms with van der Waals surface area (Å²) in [5.41, 5.74) is 2.81. The fourth-order valence-electron chi connectivity index (χ4n) is 1.96. The van der Waals surface area contributed by atoms with Gasteiger partial charge in [0.1, 0.15) is 0 Å². The summed E-state index contributed by atoms with van der Waals surface area (Å²) in [7, 11) is 1.83. The van der Waals surface area contributed by atoms with Gasteiger partial charge >= 0.3 is 0 Å². The van der Waals surface area contributed by atoms with E-state index in [-0.39, 0.29) is 11.7 Å². The molecule has 1 heterocycles. The van der Waals surface area contributed by atoms with E-state index in [4.69, 9.17) is 11.6 Å². The van der Waals surface area contributed by atoms with Gasteiger partial charge in [0.2, 0.25) is 0 Å². The van der Waals surface area contributed by atoms with Crippen LogP contribution in [0.25, 0.3) is 0 Å². The van der Waals surface area contributed by atoms with Crippen molar-refractivity contribution in [3.05, 3.63) is 59.0 Å². The lowest BCUT2D eigenvalue weighted by atomic mass is 10.1. The number of nitrogens with zero attached hydrogens (tertiary/aromatic N) is 2. The molecule has 19 heavy (non-hydrogen) atoms. The monoisotopic (exact) mass is 278 g/mol. The second kappa shape index (κ2) is 6.02. The van der Waals surface area contributed by atoms with Crippen molar-refractivity contribution >= 4 is 17.4 Å². The normalized spacial score (nSPS) is 10.5. The van der Waals surface area contributed by atoms with Crippen molar-refractivity contribution in [3.63, 3.8) is 0 Å². The minimum atomic E-state index is -0.339. The summed E-state index contributed by atoms with van der Waals surface area (Å²) in [5, 5.41) is 0. The molecule has 1 aromatic carbocycles. The maximum Gasteiger partial charge on any atom is 0.170 e. The molecule has 4 heteroatoms. The Hall–Kier alpha value is -1.61. The predicted octanol–water partition coefficient (Wildman–Crippen LogP) is 3.90. The molecular weight excluding hydrogens is 263 g/mol. The van der Waals surface area contributed by atoms with Crippen LogP contribution in [0.2, 0.25) is 0 Å². The highest BCUT2D eigenvalue weighted by atomic mass is 35.5. The zero-order valence-electron chi connectivity index (χ0n) is 11.0. The zero-order valence-corrected chi connectivity index (χ0v) is 11.8. The second-order valence-electron chi connectivity index (χ2n) is 4.52. The van der Waals surface area contributed by atoms with Crippen LogP contribution in [0.3, 0.4) is 0 Å². The molecule has 100 valence electrons. The van der Waals surface area contributed by atoms with Crippen molar-refractivity contribution in [2.75, 3.05) is 11.9 Å². The molecule has 0 bridgehead atoms. The minimum absolute atomic E-state index is 0.152. The summed E-state index contributed by atoms with van der Waals surface area (Å²) in [4.78, 5) is 5.90. The van der Waals surface area contributed by atoms with Gasteiger partial charge in [-0.1, -0.05) is 24.3 Å². The third-order valence-corrected chi connectivity index (χ3v) is 3.41. The van der Waals surface area contributed by atoms with Gasteiger partial charge in [0.15, 0.2) is 11.6 Å². The van der Waals surface area contributed by atoms with Crippen LogP contribution in [-0.2, 0) is 12.4 Å². The molecule has 0 saturated heterocycles. The van der Waals surface area contributed by atoms with Crippen LogP contribution in [0.5, 0.6) is 0 Å². The van der Waals surface area contributed by atoms with Crippen molar-refractivity contribution < 1.29 is 4.39 Å². The van der Waals surface area contributed by atoms with E-state index in [1.807, 2.05) is 38.2 Å². The zero-order chi connectivity index (χ0) is 13.8. The van der Waals surface area contributed by atoms with Crippen molar-refractivity contribution in [1.82, 2.24) is 4.98 Å². The lowest BCUT2D eigenvalue weighted by Crippen LogP contribution is -2.20. The number of aryl methyl sites for hydroxylation is 1. The molecule has 2 nitrogen and oxygen atoms in total. The van der Waals surface area contributed by atoms with Gasteiger partial charge in [0.05, 0.1) is 5.88 Å². The fraction of sp³-hybridized carbons (Fsp3) is 0.267. The van der Waals surface area contributed by atoms with E-state index in [1.54, 1.807) is 17.2 Å². The Balaban J connectivity index is 2.26. The van der Waals surface area contributed by atoms with Crippen molar-refractivity contribution in [2.24, 2.45) is 0 Å². The molecule has 0 amide bonds. The van der Waals surface area contributed by atoms with Crippen LogP contribution >= 0.6 is 11.6 Å². The Bertz CT molecular complexity index is 572. The molecule has 0 fully saturated rings. The van der Waals surface area contributed by atoms with Gasteiger partial charge in [0.25, 0.3) is 0 Å². The molecule has 0 spiro atoms. The largest absolute Gasteiger partial charge is 0.353 e. The van der Waals surface area contributed by atoms with Crippen molar-refractivity contribution in [2.45, 2.75) is 19.3 Å². The number of rotatable bonds is 4. The Labute approximate surface area is 117 Å². The fourth-order valence-corrected chi connectivity index (χ4v) is 2.16.